The number of furan rings is 1. The van der Waals surface area contributed by atoms with Gasteiger partial charge in [-0.1, -0.05) is 18.2 Å². The average Bonchev–Trinajstić information content (AvgIpc) is 3.16. The van der Waals surface area contributed by atoms with E-state index in [2.05, 4.69) is 5.32 Å². The molecule has 0 radical (unpaired) electrons. The monoisotopic (exact) mass is 424 g/mol. The minimum Gasteiger partial charge on any atom is -0.493 e. The molecule has 1 aromatic heterocycles. The topological polar surface area (TPSA) is 90.2 Å². The second-order valence-corrected chi connectivity index (χ2v) is 7.20. The summed E-state index contributed by atoms with van der Waals surface area (Å²) in [6.07, 6.45) is 0. The van der Waals surface area contributed by atoms with Crippen LogP contribution in [0, 0.1) is 6.92 Å². The number of nitrogens with zero attached hydrogens (tertiary/aromatic N) is 1. The van der Waals surface area contributed by atoms with E-state index in [1.54, 1.807) is 30.2 Å². The number of aryl methyl sites for hydroxylation is 1. The molecule has 0 aliphatic carbocycles. The lowest BCUT2D eigenvalue weighted by Gasteiger charge is -2.26. The van der Waals surface area contributed by atoms with Crippen molar-refractivity contribution < 1.29 is 28.2 Å². The summed E-state index contributed by atoms with van der Waals surface area (Å²) in [6.45, 7) is 3.58. The van der Waals surface area contributed by atoms with Gasteiger partial charge in [-0.3, -0.25) is 9.59 Å². The van der Waals surface area contributed by atoms with Crippen LogP contribution >= 0.6 is 0 Å². The number of anilines is 1. The Bertz CT molecular complexity index is 1100. The minimum absolute atomic E-state index is 0.101. The SMILES string of the molecule is COc1cc(C)ccc1OCC(=O)Nc1c(C(=O)N2CCOCC2)oc2ccccc12. The van der Waals surface area contributed by atoms with Crippen molar-refractivity contribution >= 4 is 28.5 Å². The van der Waals surface area contributed by atoms with Crippen LogP contribution < -0.4 is 14.8 Å². The van der Waals surface area contributed by atoms with Crippen LogP contribution in [-0.2, 0) is 9.53 Å². The number of nitrogens with one attached hydrogen (secondary N) is 1. The first-order valence-electron chi connectivity index (χ1n) is 10.0. The zero-order valence-corrected chi connectivity index (χ0v) is 17.5. The van der Waals surface area contributed by atoms with Gasteiger partial charge in [0, 0.05) is 18.5 Å². The largest absolute Gasteiger partial charge is 0.493 e. The highest BCUT2D eigenvalue weighted by atomic mass is 16.5. The van der Waals surface area contributed by atoms with Crippen LogP contribution in [0.2, 0.25) is 0 Å². The number of rotatable bonds is 6. The molecule has 2 aromatic carbocycles. The molecule has 0 atom stereocenters. The summed E-state index contributed by atoms with van der Waals surface area (Å²) in [5, 5.41) is 3.45. The summed E-state index contributed by atoms with van der Waals surface area (Å²) in [5.74, 6) is 0.417. The Morgan fingerprint density at radius 1 is 1.10 bits per heavy atom. The van der Waals surface area contributed by atoms with Crippen LogP contribution in [0.1, 0.15) is 16.1 Å². The third-order valence-corrected chi connectivity index (χ3v) is 5.03. The molecule has 8 heteroatoms. The number of hydrogen-bond donors (Lipinski definition) is 1. The number of hydrogen-bond acceptors (Lipinski definition) is 6. The Labute approximate surface area is 179 Å². The van der Waals surface area contributed by atoms with Crippen molar-refractivity contribution in [1.82, 2.24) is 4.90 Å². The zero-order valence-electron chi connectivity index (χ0n) is 17.5. The molecule has 8 nitrogen and oxygen atoms in total. The van der Waals surface area contributed by atoms with E-state index in [0.29, 0.717) is 54.5 Å². The lowest BCUT2D eigenvalue weighted by molar-refractivity contribution is -0.118. The molecule has 1 aliphatic heterocycles. The fourth-order valence-corrected chi connectivity index (χ4v) is 3.44. The summed E-state index contributed by atoms with van der Waals surface area (Å²) in [7, 11) is 1.54. The summed E-state index contributed by atoms with van der Waals surface area (Å²) < 4.78 is 22.1. The van der Waals surface area contributed by atoms with Gasteiger partial charge < -0.3 is 28.8 Å². The summed E-state index contributed by atoms with van der Waals surface area (Å²) in [4.78, 5) is 27.4. The second kappa shape index (κ2) is 9.09. The molecule has 162 valence electrons. The lowest BCUT2D eigenvalue weighted by atomic mass is 10.2. The number of fused-ring (bicyclic) bond motifs is 1. The predicted octanol–water partition coefficient (Wildman–Crippen LogP) is 3.24. The average molecular weight is 424 g/mol. The van der Waals surface area contributed by atoms with E-state index in [4.69, 9.17) is 18.6 Å². The quantitative estimate of drug-likeness (QED) is 0.653. The minimum atomic E-state index is -0.412. The van der Waals surface area contributed by atoms with Gasteiger partial charge in [0.25, 0.3) is 11.8 Å². The molecule has 1 saturated heterocycles. The van der Waals surface area contributed by atoms with Gasteiger partial charge in [-0.15, -0.1) is 0 Å². The molecule has 3 aromatic rings. The van der Waals surface area contributed by atoms with Gasteiger partial charge in [0.15, 0.2) is 18.1 Å². The van der Waals surface area contributed by atoms with Crippen molar-refractivity contribution in [3.63, 3.8) is 0 Å². The van der Waals surface area contributed by atoms with Gasteiger partial charge in [0.05, 0.1) is 20.3 Å². The number of methoxy groups -OCH3 is 1. The Morgan fingerprint density at radius 3 is 2.65 bits per heavy atom. The molecule has 2 heterocycles. The van der Waals surface area contributed by atoms with E-state index >= 15 is 0 Å². The van der Waals surface area contributed by atoms with Crippen LogP contribution in [0.3, 0.4) is 0 Å². The predicted molar refractivity (Wildman–Crippen MR) is 115 cm³/mol. The highest BCUT2D eigenvalue weighted by molar-refractivity contribution is 6.11. The van der Waals surface area contributed by atoms with Crippen molar-refractivity contribution in [1.29, 1.82) is 0 Å². The number of amides is 2. The van der Waals surface area contributed by atoms with E-state index in [1.165, 1.54) is 0 Å². The molecule has 0 spiro atoms. The summed E-state index contributed by atoms with van der Waals surface area (Å²) in [6, 6.07) is 12.6. The normalized spacial score (nSPS) is 13.8. The fraction of sp³-hybridized carbons (Fsp3) is 0.304. The van der Waals surface area contributed by atoms with E-state index in [0.717, 1.165) is 5.56 Å². The molecule has 0 bridgehead atoms. The third kappa shape index (κ3) is 4.49. The van der Waals surface area contributed by atoms with Crippen LogP contribution in [0.15, 0.2) is 46.9 Å². The second-order valence-electron chi connectivity index (χ2n) is 7.20. The van der Waals surface area contributed by atoms with E-state index in [1.807, 2.05) is 31.2 Å². The number of ether oxygens (including phenoxy) is 3. The number of carbonyl (C=O) groups is 2. The molecular weight excluding hydrogens is 400 g/mol. The van der Waals surface area contributed by atoms with Crippen LogP contribution in [0.25, 0.3) is 11.0 Å². The van der Waals surface area contributed by atoms with Gasteiger partial charge in [-0.2, -0.15) is 0 Å². The maximum Gasteiger partial charge on any atom is 0.291 e. The van der Waals surface area contributed by atoms with Gasteiger partial charge >= 0.3 is 0 Å². The molecule has 1 N–H and O–H groups in total. The number of para-hydroxylation sites is 1. The molecule has 1 fully saturated rings. The molecule has 31 heavy (non-hydrogen) atoms. The highest BCUT2D eigenvalue weighted by Crippen LogP contribution is 2.32. The van der Waals surface area contributed by atoms with Gasteiger partial charge in [-0.05, 0) is 36.8 Å². The maximum absolute atomic E-state index is 13.0. The van der Waals surface area contributed by atoms with Crippen molar-refractivity contribution in [2.75, 3.05) is 45.3 Å². The van der Waals surface area contributed by atoms with E-state index < -0.39 is 5.91 Å². The van der Waals surface area contributed by atoms with Gasteiger partial charge in [0.1, 0.15) is 11.3 Å². The molecule has 2 amide bonds. The first-order chi connectivity index (χ1) is 15.1. The van der Waals surface area contributed by atoms with Gasteiger partial charge in [-0.25, -0.2) is 0 Å². The maximum atomic E-state index is 13.0. The van der Waals surface area contributed by atoms with E-state index in [9.17, 15) is 9.59 Å². The summed E-state index contributed by atoms with van der Waals surface area (Å²) in [5.41, 5.74) is 1.89. The Kier molecular flexibility index (Phi) is 6.08. The summed E-state index contributed by atoms with van der Waals surface area (Å²) >= 11 is 0. The number of carbonyl (C=O) groups excluding carboxylic acids is 2. The van der Waals surface area contributed by atoms with Crippen molar-refractivity contribution in [3.05, 3.63) is 53.8 Å². The van der Waals surface area contributed by atoms with E-state index in [-0.39, 0.29) is 18.3 Å². The van der Waals surface area contributed by atoms with Crippen LogP contribution in [0.4, 0.5) is 5.69 Å². The first-order valence-corrected chi connectivity index (χ1v) is 10.0. The number of benzene rings is 2. The Balaban J connectivity index is 1.54. The fourth-order valence-electron chi connectivity index (χ4n) is 3.44. The van der Waals surface area contributed by atoms with Crippen LogP contribution in [0.5, 0.6) is 11.5 Å². The standard InChI is InChI=1S/C23H24N2O6/c1-15-7-8-18(19(13-15)28-2)30-14-20(26)24-21-16-5-3-4-6-17(16)31-22(21)23(27)25-9-11-29-12-10-25/h3-8,13H,9-12,14H2,1-2H3,(H,24,26). The Morgan fingerprint density at radius 2 is 1.87 bits per heavy atom. The molecule has 1 aliphatic rings. The Hall–Kier alpha value is -3.52. The van der Waals surface area contributed by atoms with Crippen molar-refractivity contribution in [2.24, 2.45) is 0 Å². The molecule has 0 unspecified atom stereocenters. The van der Waals surface area contributed by atoms with Gasteiger partial charge in [0.2, 0.25) is 5.76 Å². The highest BCUT2D eigenvalue weighted by Gasteiger charge is 2.27. The zero-order chi connectivity index (χ0) is 21.8. The van der Waals surface area contributed by atoms with Crippen molar-refractivity contribution in [2.45, 2.75) is 6.92 Å². The van der Waals surface area contributed by atoms with Crippen LogP contribution in [-0.4, -0.2) is 56.7 Å². The van der Waals surface area contributed by atoms with Crippen molar-refractivity contribution in [3.8, 4) is 11.5 Å². The molecular formula is C23H24N2O6. The third-order valence-electron chi connectivity index (χ3n) is 5.03. The first kappa shape index (κ1) is 20.7. The smallest absolute Gasteiger partial charge is 0.291 e. The lowest BCUT2D eigenvalue weighted by Crippen LogP contribution is -2.40. The molecule has 4 rings (SSSR count). The number of morpholine rings is 1. The molecule has 0 saturated carbocycles.